The summed E-state index contributed by atoms with van der Waals surface area (Å²) in [5, 5.41) is 3.79. The zero-order chi connectivity index (χ0) is 18.0. The lowest BCUT2D eigenvalue weighted by Crippen LogP contribution is -2.57. The third kappa shape index (κ3) is 3.95. The summed E-state index contributed by atoms with van der Waals surface area (Å²) in [6.07, 6.45) is -2.50. The van der Waals surface area contributed by atoms with Gasteiger partial charge in [-0.25, -0.2) is 9.67 Å². The van der Waals surface area contributed by atoms with E-state index in [1.165, 1.54) is 23.2 Å². The fraction of sp³-hybridized carbons (Fsp3) is 0.333. The number of aromatic nitrogens is 3. The van der Waals surface area contributed by atoms with Crippen LogP contribution >= 0.6 is 0 Å². The molecule has 0 aromatic carbocycles. The Morgan fingerprint density at radius 2 is 2.04 bits per heavy atom. The van der Waals surface area contributed by atoms with Gasteiger partial charge in [-0.3, -0.25) is 9.59 Å². The molecule has 10 heteroatoms. The van der Waals surface area contributed by atoms with Gasteiger partial charge in [0, 0.05) is 24.5 Å². The summed E-state index contributed by atoms with van der Waals surface area (Å²) >= 11 is 0. The van der Waals surface area contributed by atoms with Gasteiger partial charge in [0.25, 0.3) is 5.56 Å². The van der Waals surface area contributed by atoms with Gasteiger partial charge in [-0.2, -0.15) is 18.3 Å². The van der Waals surface area contributed by atoms with Crippen LogP contribution in [0.15, 0.2) is 41.5 Å². The molecule has 0 atom stereocenters. The van der Waals surface area contributed by atoms with Crippen LogP contribution in [-0.4, -0.2) is 44.8 Å². The molecule has 1 aliphatic rings. The van der Waals surface area contributed by atoms with Gasteiger partial charge >= 0.3 is 6.18 Å². The lowest BCUT2D eigenvalue weighted by Gasteiger charge is -2.38. The summed E-state index contributed by atoms with van der Waals surface area (Å²) < 4.78 is 44.3. The van der Waals surface area contributed by atoms with E-state index in [0.29, 0.717) is 0 Å². The van der Waals surface area contributed by atoms with Gasteiger partial charge in [0.1, 0.15) is 12.6 Å². The third-order valence-electron chi connectivity index (χ3n) is 3.62. The minimum Gasteiger partial charge on any atom is -0.471 e. The summed E-state index contributed by atoms with van der Waals surface area (Å²) in [7, 11) is 0. The first-order valence-corrected chi connectivity index (χ1v) is 7.33. The van der Waals surface area contributed by atoms with Crippen LogP contribution in [0.25, 0.3) is 0 Å². The molecule has 1 fully saturated rings. The van der Waals surface area contributed by atoms with Crippen LogP contribution in [0, 0.1) is 0 Å². The fourth-order valence-corrected chi connectivity index (χ4v) is 2.27. The van der Waals surface area contributed by atoms with Crippen molar-refractivity contribution in [2.45, 2.75) is 18.8 Å². The number of ether oxygens (including phenoxy) is 1. The second-order valence-corrected chi connectivity index (χ2v) is 5.44. The van der Waals surface area contributed by atoms with Crippen LogP contribution in [0.3, 0.4) is 0 Å². The van der Waals surface area contributed by atoms with Crippen molar-refractivity contribution in [2.75, 3.05) is 13.1 Å². The lowest BCUT2D eigenvalue weighted by atomic mass is 10.1. The van der Waals surface area contributed by atoms with Crippen LogP contribution in [0.5, 0.6) is 5.88 Å². The highest BCUT2D eigenvalue weighted by Crippen LogP contribution is 2.30. The molecule has 0 saturated carbocycles. The van der Waals surface area contributed by atoms with Crippen molar-refractivity contribution in [3.63, 3.8) is 0 Å². The maximum absolute atomic E-state index is 12.6. The monoisotopic (exact) mass is 354 g/mol. The predicted molar refractivity (Wildman–Crippen MR) is 78.7 cm³/mol. The first-order valence-electron chi connectivity index (χ1n) is 7.33. The van der Waals surface area contributed by atoms with Crippen molar-refractivity contribution >= 4 is 5.91 Å². The highest BCUT2D eigenvalue weighted by atomic mass is 19.4. The second-order valence-electron chi connectivity index (χ2n) is 5.44. The Kier molecular flexibility index (Phi) is 4.43. The first-order chi connectivity index (χ1) is 11.8. The molecule has 1 amide bonds. The number of amides is 1. The van der Waals surface area contributed by atoms with E-state index in [-0.39, 0.29) is 31.4 Å². The van der Waals surface area contributed by atoms with Crippen LogP contribution in [0.4, 0.5) is 13.2 Å². The van der Waals surface area contributed by atoms with E-state index in [0.717, 1.165) is 23.0 Å². The zero-order valence-corrected chi connectivity index (χ0v) is 12.8. The Balaban J connectivity index is 1.54. The van der Waals surface area contributed by atoms with E-state index in [9.17, 15) is 22.8 Å². The van der Waals surface area contributed by atoms with Crippen LogP contribution in [0.2, 0.25) is 0 Å². The van der Waals surface area contributed by atoms with E-state index < -0.39 is 23.4 Å². The number of hydrogen-bond acceptors (Lipinski definition) is 5. The molecule has 0 bridgehead atoms. The van der Waals surface area contributed by atoms with E-state index in [2.05, 4.69) is 10.1 Å². The molecular formula is C15H13F3N4O3. The number of carbonyl (C=O) groups is 1. The quantitative estimate of drug-likeness (QED) is 0.817. The Hall–Kier alpha value is -2.91. The molecule has 132 valence electrons. The number of alkyl halides is 3. The summed E-state index contributed by atoms with van der Waals surface area (Å²) in [5.74, 6) is -0.467. The summed E-state index contributed by atoms with van der Waals surface area (Å²) in [5.41, 5.74) is -1.24. The molecule has 0 radical (unpaired) electrons. The molecule has 2 aromatic heterocycles. The van der Waals surface area contributed by atoms with Gasteiger partial charge in [-0.05, 0) is 12.1 Å². The maximum atomic E-state index is 12.6. The van der Waals surface area contributed by atoms with Gasteiger partial charge in [0.2, 0.25) is 11.8 Å². The van der Waals surface area contributed by atoms with Crippen molar-refractivity contribution in [2.24, 2.45) is 0 Å². The van der Waals surface area contributed by atoms with E-state index >= 15 is 0 Å². The minimum atomic E-state index is -4.47. The van der Waals surface area contributed by atoms with Crippen LogP contribution < -0.4 is 10.3 Å². The smallest absolute Gasteiger partial charge is 0.416 e. The van der Waals surface area contributed by atoms with Crippen molar-refractivity contribution in [1.29, 1.82) is 0 Å². The molecule has 1 aliphatic heterocycles. The van der Waals surface area contributed by atoms with E-state index in [4.69, 9.17) is 4.74 Å². The van der Waals surface area contributed by atoms with Gasteiger partial charge in [-0.1, -0.05) is 0 Å². The Labute approximate surface area is 139 Å². The SMILES string of the molecule is O=C(Cn1ncccc1=O)N1CC(Oc2cc(C(F)(F)F)ccn2)C1. The lowest BCUT2D eigenvalue weighted by molar-refractivity contribution is -0.141. The van der Waals surface area contributed by atoms with E-state index in [1.54, 1.807) is 0 Å². The van der Waals surface area contributed by atoms with Crippen molar-refractivity contribution in [3.8, 4) is 5.88 Å². The number of nitrogens with zero attached hydrogens (tertiary/aromatic N) is 4. The molecule has 2 aromatic rings. The molecule has 3 rings (SSSR count). The molecule has 25 heavy (non-hydrogen) atoms. The Bertz CT molecular complexity index is 831. The summed E-state index contributed by atoms with van der Waals surface area (Å²) in [6, 6.07) is 4.44. The normalized spacial score (nSPS) is 14.9. The molecule has 0 unspecified atom stereocenters. The number of likely N-dealkylation sites (tertiary alicyclic amines) is 1. The van der Waals surface area contributed by atoms with Crippen molar-refractivity contribution in [1.82, 2.24) is 19.7 Å². The average molecular weight is 354 g/mol. The predicted octanol–water partition coefficient (Wildman–Crippen LogP) is 0.947. The fourth-order valence-electron chi connectivity index (χ4n) is 2.27. The molecule has 0 N–H and O–H groups in total. The van der Waals surface area contributed by atoms with Crippen molar-refractivity contribution in [3.05, 3.63) is 52.6 Å². The number of rotatable bonds is 4. The standard InChI is InChI=1S/C15H13F3N4O3/c16-15(17,18)10-3-5-19-12(6-10)25-11-7-21(8-11)14(24)9-22-13(23)2-1-4-20-22/h1-6,11H,7-9H2. The first kappa shape index (κ1) is 16.9. The third-order valence-corrected chi connectivity index (χ3v) is 3.62. The van der Waals surface area contributed by atoms with Gasteiger partial charge in [0.05, 0.1) is 18.7 Å². The van der Waals surface area contributed by atoms with Gasteiger partial charge < -0.3 is 9.64 Å². The van der Waals surface area contributed by atoms with Gasteiger partial charge in [-0.15, -0.1) is 0 Å². The van der Waals surface area contributed by atoms with Crippen LogP contribution in [0.1, 0.15) is 5.56 Å². The van der Waals surface area contributed by atoms with Gasteiger partial charge in [0.15, 0.2) is 0 Å². The van der Waals surface area contributed by atoms with Crippen LogP contribution in [-0.2, 0) is 17.5 Å². The second kappa shape index (κ2) is 6.54. The topological polar surface area (TPSA) is 77.3 Å². The Morgan fingerprint density at radius 3 is 2.72 bits per heavy atom. The van der Waals surface area contributed by atoms with E-state index in [1.807, 2.05) is 0 Å². The maximum Gasteiger partial charge on any atom is 0.416 e. The molecule has 7 nitrogen and oxygen atoms in total. The Morgan fingerprint density at radius 1 is 1.28 bits per heavy atom. The highest BCUT2D eigenvalue weighted by Gasteiger charge is 2.34. The number of pyridine rings is 1. The zero-order valence-electron chi connectivity index (χ0n) is 12.8. The molecule has 1 saturated heterocycles. The summed E-state index contributed by atoms with van der Waals surface area (Å²) in [6.45, 7) is 0.213. The molecule has 3 heterocycles. The highest BCUT2D eigenvalue weighted by molar-refractivity contribution is 5.76. The molecular weight excluding hydrogens is 341 g/mol. The summed E-state index contributed by atoms with van der Waals surface area (Å²) in [4.78, 5) is 28.7. The number of halogens is 3. The number of carbonyl (C=O) groups excluding carboxylic acids is 1. The van der Waals surface area contributed by atoms with Crippen molar-refractivity contribution < 1.29 is 22.7 Å². The largest absolute Gasteiger partial charge is 0.471 e. The molecule has 0 aliphatic carbocycles. The minimum absolute atomic E-state index is 0.145. The average Bonchev–Trinajstić information content (AvgIpc) is 2.52. The number of hydrogen-bond donors (Lipinski definition) is 0. The molecule has 0 spiro atoms.